The van der Waals surface area contributed by atoms with E-state index in [9.17, 15) is 94.8 Å². The molecule has 7 heterocycles. The maximum absolute atomic E-state index is 13.8. The van der Waals surface area contributed by atoms with Crippen molar-refractivity contribution in [1.82, 2.24) is 31.5 Å². The van der Waals surface area contributed by atoms with Gasteiger partial charge in [0.1, 0.15) is 32.0 Å². The lowest BCUT2D eigenvalue weighted by Gasteiger charge is -2.32. The number of methoxy groups -OCH3 is 2. The standard InChI is InChI=1S/C22H24ClNO3S.C22H20F6N2O2S.C22H22F3NO2S.C21H21Cl2NO2S.C21H20ClF3N2O3S/c1-15-4-3-5-20-18(15)7-8-19(20)16-10-12-24(13-11-16)28(25,26)22-14-17(23)6-9-21(22)27-2;1-21(24,25)14-8-15(22(26,27)28)10-17(9-14)33(31,32)30-6-4-13(5-7-30)19-12-29-20-3-2-16(23)11-18(19)20;1-15-4-2-7-21-19(15)8-9-20(21)16-10-12-26(13-11-16)29(27,28)18-6-3-5-17(14-18)22(23,24)25;1-14-4-2-5-18-16(14)8-9-17(18)15-10-12-24(13-11-15)27(25,26)21-19(22)6-3-7-20(21)23;1-30-15-3-4-19-16(11-15)17(12-26-19)13-6-8-27(9-7-13)31(28,29)20-5-2-14(10-18(20)22)21(23,24)25/h3-6,8-9,14,16H,7,10-13H2,1-2H3;2-3,8-13,29H,4-7H2,1H3;2-7,9,14,16H,8,10-13H2,1H3;2-7,9,15H,8,10-13H2,1H3;2-5,10-13,26H,6-9H2,1H3. The predicted octanol–water partition coefficient (Wildman–Crippen LogP) is 26.5. The molecule has 788 valence electrons. The first kappa shape index (κ1) is 111. The smallest absolute Gasteiger partial charge is 0.416 e. The van der Waals surface area contributed by atoms with Crippen LogP contribution in [0.5, 0.6) is 11.5 Å². The van der Waals surface area contributed by atoms with Crippen LogP contribution < -0.4 is 9.47 Å². The highest BCUT2D eigenvalue weighted by molar-refractivity contribution is 7.90. The molecule has 2 aromatic heterocycles. The van der Waals surface area contributed by atoms with Crippen molar-refractivity contribution in [1.29, 1.82) is 0 Å². The summed E-state index contributed by atoms with van der Waals surface area (Å²) < 4.78 is 306. The molecule has 19 nitrogen and oxygen atoms in total. The van der Waals surface area contributed by atoms with Gasteiger partial charge in [0.2, 0.25) is 50.1 Å². The number of nitrogens with one attached hydrogen (secondary N) is 2. The van der Waals surface area contributed by atoms with Gasteiger partial charge in [-0.2, -0.15) is 61.0 Å². The molecule has 2 N–H and O–H groups in total. The van der Waals surface area contributed by atoms with E-state index in [0.29, 0.717) is 131 Å². The summed E-state index contributed by atoms with van der Waals surface area (Å²) in [5, 5.41) is 2.02. The second-order valence-corrected chi connectivity index (χ2v) is 49.2. The first-order valence-electron chi connectivity index (χ1n) is 48.1. The molecule has 0 unspecified atom stereocenters. The Bertz CT molecular complexity index is 7680. The van der Waals surface area contributed by atoms with Gasteiger partial charge in [-0.1, -0.05) is 131 Å². The van der Waals surface area contributed by atoms with Gasteiger partial charge in [0.15, 0.2) is 0 Å². The van der Waals surface area contributed by atoms with Gasteiger partial charge in [-0.3, -0.25) is 0 Å². The van der Waals surface area contributed by atoms with Crippen LogP contribution in [0, 0.1) is 44.3 Å². The van der Waals surface area contributed by atoms with E-state index < -0.39 is 113 Å². The normalized spacial score (nSPS) is 17.7. The molecule has 10 aromatic carbocycles. The zero-order chi connectivity index (χ0) is 106. The molecule has 0 amide bonds. The van der Waals surface area contributed by atoms with Crippen LogP contribution in [-0.4, -0.2) is 153 Å². The number of hydrogen-bond donors (Lipinski definition) is 2. The molecular weight excluding hydrogens is 2120 g/mol. The number of ether oxygens (including phenoxy) is 2. The topological polar surface area (TPSA) is 237 Å². The highest BCUT2D eigenvalue weighted by atomic mass is 35.5. The molecule has 5 saturated heterocycles. The van der Waals surface area contributed by atoms with E-state index in [1.54, 1.807) is 54.0 Å². The molecule has 0 spiro atoms. The van der Waals surface area contributed by atoms with Gasteiger partial charge in [-0.25, -0.2) is 55.3 Å². The number of hydrogen-bond acceptors (Lipinski definition) is 12. The summed E-state index contributed by atoms with van der Waals surface area (Å²) in [4.78, 5) is 5.01. The maximum Gasteiger partial charge on any atom is 0.416 e. The molecule has 3 aliphatic carbocycles. The summed E-state index contributed by atoms with van der Waals surface area (Å²) in [6.07, 6.45) is 5.71. The Morgan fingerprint density at radius 1 is 0.345 bits per heavy atom. The average molecular weight is 2230 g/mol. The second kappa shape index (κ2) is 44.3. The Balaban J connectivity index is 0.000000132. The van der Waals surface area contributed by atoms with Crippen molar-refractivity contribution in [3.63, 3.8) is 0 Å². The number of sulfonamides is 5. The molecule has 148 heavy (non-hydrogen) atoms. The van der Waals surface area contributed by atoms with E-state index in [-0.39, 0.29) is 79.6 Å². The fourth-order valence-corrected chi connectivity index (χ4v) is 30.6. The lowest BCUT2D eigenvalue weighted by molar-refractivity contribution is -0.138. The fourth-order valence-electron chi connectivity index (χ4n) is 21.1. The summed E-state index contributed by atoms with van der Waals surface area (Å²) >= 11 is 24.2. The van der Waals surface area contributed by atoms with Crippen LogP contribution in [0.1, 0.15) is 166 Å². The Hall–Kier alpha value is -10.0. The third kappa shape index (κ3) is 23.7. The molecule has 8 aliphatic rings. The number of benzene rings is 10. The third-order valence-electron chi connectivity index (χ3n) is 29.1. The number of rotatable bonds is 18. The van der Waals surface area contributed by atoms with Gasteiger partial charge in [0.05, 0.1) is 55.8 Å². The van der Waals surface area contributed by atoms with Crippen LogP contribution in [0.2, 0.25) is 20.1 Å². The second-order valence-electron chi connectivity index (χ2n) is 38.0. The van der Waals surface area contributed by atoms with Gasteiger partial charge in [0.25, 0.3) is 5.92 Å². The van der Waals surface area contributed by atoms with E-state index in [1.165, 1.54) is 111 Å². The van der Waals surface area contributed by atoms with Gasteiger partial charge in [-0.15, -0.1) is 0 Å². The van der Waals surface area contributed by atoms with Crippen LogP contribution in [-0.2, 0) is 93.8 Å². The molecule has 0 saturated carbocycles. The van der Waals surface area contributed by atoms with Crippen LogP contribution in [0.3, 0.4) is 0 Å². The van der Waals surface area contributed by atoms with Crippen LogP contribution >= 0.6 is 46.4 Å². The number of piperidine rings is 5. The number of aromatic amines is 2. The van der Waals surface area contributed by atoms with E-state index in [2.05, 4.69) is 97.5 Å². The minimum Gasteiger partial charge on any atom is -0.497 e. The average Bonchev–Trinajstić information content (AvgIpc) is 1.49. The molecular formula is C108H107Cl4F12N7O12S5. The van der Waals surface area contributed by atoms with Gasteiger partial charge >= 0.3 is 18.5 Å². The quantitative estimate of drug-likeness (QED) is 0.0763. The zero-order valence-electron chi connectivity index (χ0n) is 81.2. The molecule has 0 bridgehead atoms. The number of allylic oxidation sites excluding steroid dienone is 6. The largest absolute Gasteiger partial charge is 0.497 e. The van der Waals surface area contributed by atoms with Gasteiger partial charge in [0, 0.05) is 117 Å². The Morgan fingerprint density at radius 2 is 0.723 bits per heavy atom. The van der Waals surface area contributed by atoms with Crippen molar-refractivity contribution >= 4 is 135 Å². The van der Waals surface area contributed by atoms with Crippen molar-refractivity contribution in [2.24, 2.45) is 17.8 Å². The minimum absolute atomic E-state index is 0.0108. The molecule has 5 aliphatic heterocycles. The Morgan fingerprint density at radius 3 is 1.15 bits per heavy atom. The molecule has 0 radical (unpaired) electrons. The van der Waals surface area contributed by atoms with Crippen molar-refractivity contribution in [2.45, 2.75) is 172 Å². The van der Waals surface area contributed by atoms with Gasteiger partial charge in [-0.05, 0) is 333 Å². The van der Waals surface area contributed by atoms with Crippen molar-refractivity contribution in [3.8, 4) is 11.5 Å². The summed E-state index contributed by atoms with van der Waals surface area (Å²) in [6.45, 7) is 9.87. The van der Waals surface area contributed by atoms with Crippen LogP contribution in [0.25, 0.3) is 38.5 Å². The van der Waals surface area contributed by atoms with Crippen molar-refractivity contribution in [3.05, 3.63) is 328 Å². The molecule has 40 heteroatoms. The summed E-state index contributed by atoms with van der Waals surface area (Å²) in [5.74, 6) is -1.87. The number of nitrogens with zero attached hydrogens (tertiary/aromatic N) is 5. The molecule has 20 rings (SSSR count). The fraction of sp³-hybridized carbons (Fsp3) is 0.352. The first-order valence-corrected chi connectivity index (χ1v) is 56.8. The van der Waals surface area contributed by atoms with E-state index in [0.717, 1.165) is 113 Å². The summed E-state index contributed by atoms with van der Waals surface area (Å²) in [6, 6.07) is 46.3. The number of aryl methyl sites for hydroxylation is 3. The molecule has 12 aromatic rings. The number of alkyl halides is 11. The lowest BCUT2D eigenvalue weighted by Crippen LogP contribution is -2.38. The van der Waals surface area contributed by atoms with E-state index in [4.69, 9.17) is 55.9 Å². The number of aromatic nitrogens is 2. The highest BCUT2D eigenvalue weighted by Crippen LogP contribution is 2.49. The number of fused-ring (bicyclic) bond motifs is 5. The molecule has 0 atom stereocenters. The summed E-state index contributed by atoms with van der Waals surface area (Å²) in [5.41, 5.74) is 15.3. The Kier molecular flexibility index (Phi) is 33.1. The number of H-pyrrole nitrogens is 2. The van der Waals surface area contributed by atoms with Crippen molar-refractivity contribution in [2.75, 3.05) is 79.7 Å². The predicted molar refractivity (Wildman–Crippen MR) is 551 cm³/mol. The highest BCUT2D eigenvalue weighted by Gasteiger charge is 2.44. The van der Waals surface area contributed by atoms with Crippen molar-refractivity contribution < 1.29 is 104 Å². The monoisotopic (exact) mass is 2220 g/mol. The lowest BCUT2D eigenvalue weighted by atomic mass is 9.86. The van der Waals surface area contributed by atoms with Crippen LogP contribution in [0.4, 0.5) is 52.7 Å². The third-order valence-corrected chi connectivity index (χ3v) is 40.3. The maximum atomic E-state index is 13.8. The minimum atomic E-state index is -4.98. The molecule has 5 fully saturated rings. The summed E-state index contributed by atoms with van der Waals surface area (Å²) in [7, 11) is -16.6. The zero-order valence-corrected chi connectivity index (χ0v) is 88.3. The van der Waals surface area contributed by atoms with E-state index in [1.807, 2.05) is 30.5 Å². The number of halogens is 16. The van der Waals surface area contributed by atoms with E-state index >= 15 is 0 Å². The Labute approximate surface area is 873 Å². The SMILES string of the molecule is CC(F)(F)c1cc(C(F)(F)F)cc(S(=O)(=O)N2CCC(c3c[nH]c4ccc(F)cc34)CC2)c1.COc1ccc(Cl)cc1S(=O)(=O)N1CCC(C2=CCc3c(C)cccc32)CC1.COc1ccc2[nH]cc(C3CCN(S(=O)(=O)c4ccc(C(F)(F)F)cc4Cl)CC3)c2c1.Cc1cccc2c1CC=C2C1CCN(S(=O)(=O)c2c(Cl)cccc2Cl)CC1.Cc1cccc2c1CC=C2C1CCN(S(=O)(=O)c2cccc(C(F)(F)F)c2)CC1. The van der Waals surface area contributed by atoms with Crippen LogP contribution in [0.15, 0.2) is 243 Å². The van der Waals surface area contributed by atoms with Gasteiger partial charge < -0.3 is 19.4 Å². The first-order chi connectivity index (χ1) is 69.9.